The number of halogens is 3. The highest BCUT2D eigenvalue weighted by atomic mass is 19.4. The van der Waals surface area contributed by atoms with Crippen LogP contribution in [0, 0.1) is 6.92 Å². The van der Waals surface area contributed by atoms with E-state index in [1.165, 1.54) is 13.8 Å². The lowest BCUT2D eigenvalue weighted by molar-refractivity contribution is -0.141. The van der Waals surface area contributed by atoms with Crippen LogP contribution in [0.2, 0.25) is 0 Å². The molecule has 6 nitrogen and oxygen atoms in total. The number of carbonyl (C=O) groups excluding carboxylic acids is 1. The Morgan fingerprint density at radius 3 is 2.54 bits per heavy atom. The highest BCUT2D eigenvalue weighted by Crippen LogP contribution is 2.28. The van der Waals surface area contributed by atoms with E-state index in [9.17, 15) is 18.0 Å². The predicted molar refractivity (Wildman–Crippen MR) is 97.4 cm³/mol. The summed E-state index contributed by atoms with van der Waals surface area (Å²) in [6.07, 6.45) is -0.900. The summed E-state index contributed by atoms with van der Waals surface area (Å²) in [7, 11) is 0. The van der Waals surface area contributed by atoms with E-state index in [2.05, 4.69) is 20.3 Å². The fraction of sp³-hybridized carbons (Fsp3) is 0.263. The quantitative estimate of drug-likeness (QED) is 0.719. The Morgan fingerprint density at radius 1 is 1.18 bits per heavy atom. The Labute approximate surface area is 159 Å². The normalized spacial score (nSPS) is 11.5. The Bertz CT molecular complexity index is 980. The van der Waals surface area contributed by atoms with Crippen LogP contribution in [0.3, 0.4) is 0 Å². The maximum atomic E-state index is 12.9. The molecule has 146 valence electrons. The van der Waals surface area contributed by atoms with Crippen molar-refractivity contribution in [2.75, 3.05) is 5.32 Å². The molecule has 0 radical (unpaired) electrons. The van der Waals surface area contributed by atoms with Crippen molar-refractivity contribution in [1.82, 2.24) is 19.5 Å². The van der Waals surface area contributed by atoms with Crippen LogP contribution >= 0.6 is 0 Å². The van der Waals surface area contributed by atoms with Crippen molar-refractivity contribution >= 4 is 11.6 Å². The van der Waals surface area contributed by atoms with Gasteiger partial charge in [0.25, 0.3) is 0 Å². The van der Waals surface area contributed by atoms with Gasteiger partial charge in [0.05, 0.1) is 0 Å². The van der Waals surface area contributed by atoms with E-state index in [4.69, 9.17) is 0 Å². The molecule has 28 heavy (non-hydrogen) atoms. The number of benzene rings is 1. The molecule has 0 aliphatic heterocycles. The summed E-state index contributed by atoms with van der Waals surface area (Å²) < 4.78 is 40.6. The fourth-order valence-corrected chi connectivity index (χ4v) is 2.76. The van der Waals surface area contributed by atoms with E-state index < -0.39 is 11.9 Å². The van der Waals surface area contributed by atoms with Gasteiger partial charge < -0.3 is 9.88 Å². The lowest BCUT2D eigenvalue weighted by Crippen LogP contribution is -2.13. The van der Waals surface area contributed by atoms with Crippen molar-refractivity contribution in [3.63, 3.8) is 0 Å². The summed E-state index contributed by atoms with van der Waals surface area (Å²) in [6, 6.07) is 8.08. The molecule has 1 amide bonds. The molecule has 0 bridgehead atoms. The molecule has 0 saturated heterocycles. The first-order valence-corrected chi connectivity index (χ1v) is 8.53. The third kappa shape index (κ3) is 4.73. The summed E-state index contributed by atoms with van der Waals surface area (Å²) in [4.78, 5) is 23.2. The molecule has 3 rings (SSSR count). The maximum absolute atomic E-state index is 12.9. The topological polar surface area (TPSA) is 72.7 Å². The maximum Gasteiger partial charge on any atom is 0.433 e. The molecule has 0 spiro atoms. The van der Waals surface area contributed by atoms with Crippen LogP contribution in [-0.4, -0.2) is 25.4 Å². The summed E-state index contributed by atoms with van der Waals surface area (Å²) in [5.74, 6) is 0.636. The number of aromatic nitrogens is 4. The summed E-state index contributed by atoms with van der Waals surface area (Å²) in [5.41, 5.74) is 0.827. The number of hydrogen-bond donors (Lipinski definition) is 1. The number of anilines is 1. The summed E-state index contributed by atoms with van der Waals surface area (Å²) >= 11 is 0. The monoisotopic (exact) mass is 389 g/mol. The zero-order chi connectivity index (χ0) is 20.3. The molecule has 0 fully saturated rings. The first-order chi connectivity index (χ1) is 13.2. The number of imidazole rings is 1. The number of aryl methyl sites for hydroxylation is 3. The Balaban J connectivity index is 1.76. The third-order valence-corrected chi connectivity index (χ3v) is 3.95. The van der Waals surface area contributed by atoms with Crippen LogP contribution in [0.4, 0.5) is 18.9 Å². The standard InChI is InChI=1S/C19H18F3N5O/c1-12-11-16(19(20,21)22)26-17(24-12)7-9-27-10-8-23-18(27)14-3-5-15(6-4-14)25-13(2)28/h3-6,8,10-11H,7,9H2,1-2H3,(H,25,28). The van der Waals surface area contributed by atoms with Crippen molar-refractivity contribution in [3.05, 3.63) is 59.9 Å². The number of rotatable bonds is 5. The van der Waals surface area contributed by atoms with Crippen molar-refractivity contribution in [3.8, 4) is 11.4 Å². The molecule has 2 heterocycles. The first kappa shape index (κ1) is 19.5. The van der Waals surface area contributed by atoms with E-state index >= 15 is 0 Å². The van der Waals surface area contributed by atoms with Gasteiger partial charge in [-0.3, -0.25) is 4.79 Å². The fourth-order valence-electron chi connectivity index (χ4n) is 2.76. The van der Waals surface area contributed by atoms with Crippen molar-refractivity contribution in [2.24, 2.45) is 0 Å². The average Bonchev–Trinajstić information content (AvgIpc) is 3.07. The minimum absolute atomic E-state index is 0.132. The molecule has 1 aromatic carbocycles. The summed E-state index contributed by atoms with van der Waals surface area (Å²) in [6.45, 7) is 3.32. The van der Waals surface area contributed by atoms with Crippen LogP contribution in [0.1, 0.15) is 24.1 Å². The Hall–Kier alpha value is -3.23. The molecule has 1 N–H and O–H groups in total. The average molecular weight is 389 g/mol. The molecular weight excluding hydrogens is 371 g/mol. The number of nitrogens with one attached hydrogen (secondary N) is 1. The van der Waals surface area contributed by atoms with Gasteiger partial charge in [0.15, 0.2) is 0 Å². The Morgan fingerprint density at radius 2 is 1.89 bits per heavy atom. The number of carbonyl (C=O) groups is 1. The summed E-state index contributed by atoms with van der Waals surface area (Å²) in [5, 5.41) is 2.69. The van der Waals surface area contributed by atoms with Crippen LogP contribution in [0.25, 0.3) is 11.4 Å². The van der Waals surface area contributed by atoms with Crippen LogP contribution in [0.15, 0.2) is 42.7 Å². The van der Waals surface area contributed by atoms with Crippen LogP contribution < -0.4 is 5.32 Å². The largest absolute Gasteiger partial charge is 0.433 e. The predicted octanol–water partition coefficient (Wildman–Crippen LogP) is 3.87. The number of hydrogen-bond acceptors (Lipinski definition) is 4. The Kier molecular flexibility index (Phi) is 5.43. The van der Waals surface area contributed by atoms with Crippen LogP contribution in [-0.2, 0) is 23.9 Å². The molecule has 0 unspecified atom stereocenters. The van der Waals surface area contributed by atoms with Gasteiger partial charge in [0.2, 0.25) is 5.91 Å². The van der Waals surface area contributed by atoms with E-state index in [0.29, 0.717) is 18.1 Å². The third-order valence-electron chi connectivity index (χ3n) is 3.95. The van der Waals surface area contributed by atoms with Gasteiger partial charge in [-0.05, 0) is 37.3 Å². The highest BCUT2D eigenvalue weighted by Gasteiger charge is 2.33. The van der Waals surface area contributed by atoms with Crippen molar-refractivity contribution in [1.29, 1.82) is 0 Å². The van der Waals surface area contributed by atoms with Gasteiger partial charge in [-0.25, -0.2) is 15.0 Å². The smallest absolute Gasteiger partial charge is 0.331 e. The highest BCUT2D eigenvalue weighted by molar-refractivity contribution is 5.88. The van der Waals surface area contributed by atoms with Gasteiger partial charge >= 0.3 is 6.18 Å². The second-order valence-electron chi connectivity index (χ2n) is 6.26. The van der Waals surface area contributed by atoms with E-state index in [1.54, 1.807) is 24.5 Å². The van der Waals surface area contributed by atoms with E-state index in [-0.39, 0.29) is 23.8 Å². The van der Waals surface area contributed by atoms with Gasteiger partial charge in [0, 0.05) is 49.2 Å². The number of alkyl halides is 3. The number of nitrogens with zero attached hydrogens (tertiary/aromatic N) is 4. The minimum Gasteiger partial charge on any atom is -0.331 e. The van der Waals surface area contributed by atoms with Crippen LogP contribution in [0.5, 0.6) is 0 Å². The second-order valence-corrected chi connectivity index (χ2v) is 6.26. The molecule has 9 heteroatoms. The molecule has 0 atom stereocenters. The lowest BCUT2D eigenvalue weighted by atomic mass is 10.2. The molecule has 0 aliphatic rings. The molecule has 0 saturated carbocycles. The number of amides is 1. The molecular formula is C19H18F3N5O. The van der Waals surface area contributed by atoms with Gasteiger partial charge in [-0.1, -0.05) is 0 Å². The molecule has 2 aromatic heterocycles. The van der Waals surface area contributed by atoms with Crippen molar-refractivity contribution < 1.29 is 18.0 Å². The molecule has 0 aliphatic carbocycles. The van der Waals surface area contributed by atoms with Gasteiger partial charge in [-0.2, -0.15) is 13.2 Å². The van der Waals surface area contributed by atoms with E-state index in [0.717, 1.165) is 11.6 Å². The van der Waals surface area contributed by atoms with Gasteiger partial charge in [-0.15, -0.1) is 0 Å². The second kappa shape index (κ2) is 7.79. The SMILES string of the molecule is CC(=O)Nc1ccc(-c2nccn2CCc2nc(C)cc(C(F)(F)F)n2)cc1. The molecule has 3 aromatic rings. The van der Waals surface area contributed by atoms with Crippen molar-refractivity contribution in [2.45, 2.75) is 33.0 Å². The van der Waals surface area contributed by atoms with Gasteiger partial charge in [0.1, 0.15) is 17.3 Å². The lowest BCUT2D eigenvalue weighted by Gasteiger charge is -2.11. The van der Waals surface area contributed by atoms with E-state index in [1.807, 2.05) is 16.7 Å². The minimum atomic E-state index is -4.50. The zero-order valence-electron chi connectivity index (χ0n) is 15.3. The zero-order valence-corrected chi connectivity index (χ0v) is 15.3. The first-order valence-electron chi connectivity index (χ1n) is 8.53.